The fraction of sp³-hybridized carbons (Fsp3) is 0.455. The number of nitrogens with zero attached hydrogens (tertiary/aromatic N) is 3. The molecule has 0 amide bonds. The van der Waals surface area contributed by atoms with Gasteiger partial charge >= 0.3 is 6.01 Å². The summed E-state index contributed by atoms with van der Waals surface area (Å²) < 4.78 is 5.55. The van der Waals surface area contributed by atoms with Gasteiger partial charge in [-0.15, -0.1) is 28.0 Å². The number of hydrogen-bond acceptors (Lipinski definition) is 5. The zero-order chi connectivity index (χ0) is 12.1. The maximum Gasteiger partial charge on any atom is 0.318 e. The highest BCUT2D eigenvalue weighted by Crippen LogP contribution is 2.18. The lowest BCUT2D eigenvalue weighted by Gasteiger charge is -2.16. The molecule has 0 N–H and O–H groups in total. The molecule has 4 nitrogen and oxygen atoms in total. The molecule has 0 spiro atoms. The van der Waals surface area contributed by atoms with Gasteiger partial charge in [0, 0.05) is 23.7 Å². The maximum absolute atomic E-state index is 5.63. The van der Waals surface area contributed by atoms with Crippen molar-refractivity contribution in [2.75, 3.05) is 17.3 Å². The van der Waals surface area contributed by atoms with Gasteiger partial charge in [0.25, 0.3) is 0 Å². The quantitative estimate of drug-likeness (QED) is 0.758. The molecule has 0 saturated carbocycles. The topological polar surface area (TPSA) is 42.2 Å². The number of anilines is 1. The minimum atomic E-state index is 0.499. The van der Waals surface area contributed by atoms with Crippen LogP contribution in [-0.2, 0) is 13.0 Å². The second kappa shape index (κ2) is 6.02. The molecular weight excluding hydrogens is 258 g/mol. The Morgan fingerprint density at radius 1 is 1.47 bits per heavy atom. The number of aryl methyl sites for hydroxylation is 1. The Labute approximate surface area is 109 Å². The maximum atomic E-state index is 5.63. The summed E-state index contributed by atoms with van der Waals surface area (Å²) in [6.07, 6.45) is 0.616. The molecule has 2 aromatic rings. The van der Waals surface area contributed by atoms with Crippen LogP contribution in [0.3, 0.4) is 0 Å². The molecule has 0 radical (unpaired) electrons. The van der Waals surface area contributed by atoms with E-state index >= 15 is 0 Å². The largest absolute Gasteiger partial charge is 0.408 e. The molecule has 6 heteroatoms. The number of alkyl halides is 1. The minimum absolute atomic E-state index is 0.499. The van der Waals surface area contributed by atoms with Gasteiger partial charge in [-0.05, 0) is 18.4 Å². The van der Waals surface area contributed by atoms with Crippen molar-refractivity contribution >= 4 is 29.0 Å². The summed E-state index contributed by atoms with van der Waals surface area (Å²) in [7, 11) is 0. The van der Waals surface area contributed by atoms with Crippen molar-refractivity contribution in [1.82, 2.24) is 10.2 Å². The van der Waals surface area contributed by atoms with Crippen LogP contribution in [-0.4, -0.2) is 22.6 Å². The van der Waals surface area contributed by atoms with Crippen molar-refractivity contribution in [1.29, 1.82) is 0 Å². The van der Waals surface area contributed by atoms with E-state index in [1.54, 1.807) is 11.3 Å². The normalized spacial score (nSPS) is 10.7. The van der Waals surface area contributed by atoms with Gasteiger partial charge in [0.1, 0.15) is 0 Å². The second-order valence-electron chi connectivity index (χ2n) is 3.51. The van der Waals surface area contributed by atoms with Crippen LogP contribution >= 0.6 is 22.9 Å². The van der Waals surface area contributed by atoms with Gasteiger partial charge in [-0.3, -0.25) is 0 Å². The molecule has 0 atom stereocenters. The number of rotatable bonds is 6. The molecule has 0 bridgehead atoms. The first kappa shape index (κ1) is 12.4. The lowest BCUT2D eigenvalue weighted by atomic mass is 10.4. The monoisotopic (exact) mass is 271 g/mol. The van der Waals surface area contributed by atoms with Crippen LogP contribution in [0.4, 0.5) is 6.01 Å². The molecule has 0 unspecified atom stereocenters. The molecule has 0 aromatic carbocycles. The average Bonchev–Trinajstić information content (AvgIpc) is 2.97. The zero-order valence-corrected chi connectivity index (χ0v) is 11.2. The minimum Gasteiger partial charge on any atom is -0.408 e. The van der Waals surface area contributed by atoms with Crippen molar-refractivity contribution in [3.8, 4) is 0 Å². The molecule has 2 aromatic heterocycles. The first-order chi connectivity index (χ1) is 8.33. The predicted octanol–water partition coefficient (Wildman–Crippen LogP) is 2.94. The lowest BCUT2D eigenvalue weighted by molar-refractivity contribution is 0.489. The molecule has 0 fully saturated rings. The van der Waals surface area contributed by atoms with Crippen LogP contribution in [0.2, 0.25) is 0 Å². The van der Waals surface area contributed by atoms with Gasteiger partial charge in [-0.25, -0.2) is 0 Å². The highest BCUT2D eigenvalue weighted by molar-refractivity contribution is 7.09. The number of thiophene rings is 1. The Hall–Kier alpha value is -1.07. The van der Waals surface area contributed by atoms with Crippen LogP contribution in [0.15, 0.2) is 21.9 Å². The Kier molecular flexibility index (Phi) is 4.39. The fourth-order valence-electron chi connectivity index (χ4n) is 1.46. The van der Waals surface area contributed by atoms with E-state index in [1.165, 1.54) is 4.88 Å². The van der Waals surface area contributed by atoms with E-state index in [0.29, 0.717) is 24.2 Å². The molecule has 92 valence electrons. The third-order valence-electron chi connectivity index (χ3n) is 2.34. The van der Waals surface area contributed by atoms with Crippen LogP contribution in [0.5, 0.6) is 0 Å². The third-order valence-corrected chi connectivity index (χ3v) is 3.39. The predicted molar refractivity (Wildman–Crippen MR) is 69.8 cm³/mol. The zero-order valence-electron chi connectivity index (χ0n) is 9.60. The molecule has 2 rings (SSSR count). The van der Waals surface area contributed by atoms with Gasteiger partial charge in [0.2, 0.25) is 5.89 Å². The fourth-order valence-corrected chi connectivity index (χ4v) is 2.34. The summed E-state index contributed by atoms with van der Waals surface area (Å²) >= 11 is 7.36. The van der Waals surface area contributed by atoms with E-state index < -0.39 is 0 Å². The van der Waals surface area contributed by atoms with E-state index in [1.807, 2.05) is 6.07 Å². The summed E-state index contributed by atoms with van der Waals surface area (Å²) in [6, 6.07) is 4.71. The van der Waals surface area contributed by atoms with Crippen molar-refractivity contribution in [3.05, 3.63) is 28.3 Å². The molecule has 0 aliphatic carbocycles. The van der Waals surface area contributed by atoms with Gasteiger partial charge in [0.05, 0.1) is 6.54 Å². The van der Waals surface area contributed by atoms with Crippen molar-refractivity contribution in [2.45, 2.75) is 19.9 Å². The average molecular weight is 272 g/mol. The van der Waals surface area contributed by atoms with Gasteiger partial charge in [-0.2, -0.15) is 0 Å². The van der Waals surface area contributed by atoms with Gasteiger partial charge < -0.3 is 9.32 Å². The van der Waals surface area contributed by atoms with Crippen LogP contribution in [0, 0.1) is 0 Å². The first-order valence-electron chi connectivity index (χ1n) is 5.49. The van der Waals surface area contributed by atoms with E-state index in [2.05, 4.69) is 33.5 Å². The lowest BCUT2D eigenvalue weighted by Crippen LogP contribution is -2.21. The van der Waals surface area contributed by atoms with Gasteiger partial charge in [0.15, 0.2) is 0 Å². The van der Waals surface area contributed by atoms with Gasteiger partial charge in [-0.1, -0.05) is 11.2 Å². The number of aromatic nitrogens is 2. The number of halogens is 1. The SMILES string of the molecule is CCN(Cc1cccs1)c1nnc(CCCl)o1. The molecule has 17 heavy (non-hydrogen) atoms. The molecule has 2 heterocycles. The van der Waals surface area contributed by atoms with E-state index in [0.717, 1.165) is 13.1 Å². The number of hydrogen-bond donors (Lipinski definition) is 0. The van der Waals surface area contributed by atoms with Crippen LogP contribution in [0.25, 0.3) is 0 Å². The summed E-state index contributed by atoms with van der Waals surface area (Å²) in [5.74, 6) is 1.10. The third kappa shape index (κ3) is 3.20. The van der Waals surface area contributed by atoms with Crippen molar-refractivity contribution in [2.24, 2.45) is 0 Å². The molecule has 0 aliphatic rings. The van der Waals surface area contributed by atoms with Crippen molar-refractivity contribution in [3.63, 3.8) is 0 Å². The first-order valence-corrected chi connectivity index (χ1v) is 6.90. The molecule has 0 aliphatic heterocycles. The molecule has 0 saturated heterocycles. The van der Waals surface area contributed by atoms with E-state index in [-0.39, 0.29) is 0 Å². The summed E-state index contributed by atoms with van der Waals surface area (Å²) in [4.78, 5) is 3.33. The standard InChI is InChI=1S/C11H14ClN3OS/c1-2-15(8-9-4-3-7-17-9)11-14-13-10(16-11)5-6-12/h3-4,7H,2,5-6,8H2,1H3. The van der Waals surface area contributed by atoms with E-state index in [4.69, 9.17) is 16.0 Å². The summed E-state index contributed by atoms with van der Waals surface area (Å²) in [6.45, 7) is 3.70. The smallest absolute Gasteiger partial charge is 0.318 e. The summed E-state index contributed by atoms with van der Waals surface area (Å²) in [5, 5.41) is 10.1. The highest BCUT2D eigenvalue weighted by Gasteiger charge is 2.13. The highest BCUT2D eigenvalue weighted by atomic mass is 35.5. The van der Waals surface area contributed by atoms with Crippen LogP contribution in [0.1, 0.15) is 17.7 Å². The van der Waals surface area contributed by atoms with E-state index in [9.17, 15) is 0 Å². The molecular formula is C11H14ClN3OS. The Morgan fingerprint density at radius 3 is 3.00 bits per heavy atom. The summed E-state index contributed by atoms with van der Waals surface area (Å²) in [5.41, 5.74) is 0. The Bertz CT molecular complexity index is 443. The Balaban J connectivity index is 2.06. The van der Waals surface area contributed by atoms with Crippen LogP contribution < -0.4 is 4.90 Å². The Morgan fingerprint density at radius 2 is 2.35 bits per heavy atom. The van der Waals surface area contributed by atoms with Crippen molar-refractivity contribution < 1.29 is 4.42 Å². The second-order valence-corrected chi connectivity index (χ2v) is 4.92.